The van der Waals surface area contributed by atoms with Crippen LogP contribution in [0.3, 0.4) is 0 Å². The Hall–Kier alpha value is -1.14. The van der Waals surface area contributed by atoms with Gasteiger partial charge in [-0.05, 0) is 0 Å². The molecule has 0 bridgehead atoms. The van der Waals surface area contributed by atoms with E-state index >= 15 is 0 Å². The van der Waals surface area contributed by atoms with Crippen LogP contribution in [0.5, 0.6) is 0 Å². The van der Waals surface area contributed by atoms with Crippen LogP contribution in [0.15, 0.2) is 12.4 Å². The van der Waals surface area contributed by atoms with E-state index < -0.39 is 18.5 Å². The van der Waals surface area contributed by atoms with Gasteiger partial charge in [0, 0.05) is 11.8 Å². The summed E-state index contributed by atoms with van der Waals surface area (Å²) in [5.41, 5.74) is -1.13. The SMILES string of the molecule is Fc1cnc([B-](F)(F)F)cn1. The van der Waals surface area contributed by atoms with Crippen molar-refractivity contribution in [2.45, 2.75) is 0 Å². The molecule has 0 amide bonds. The minimum atomic E-state index is -5.16. The molecule has 0 N–H and O–H groups in total. The third kappa shape index (κ3) is 1.89. The summed E-state index contributed by atoms with van der Waals surface area (Å²) in [6, 6.07) is 0. The number of hydrogen-bond donors (Lipinski definition) is 0. The van der Waals surface area contributed by atoms with Crippen molar-refractivity contribution in [1.82, 2.24) is 9.97 Å². The Balaban J connectivity index is 2.99. The summed E-state index contributed by atoms with van der Waals surface area (Å²) in [4.78, 5) is 5.63. The van der Waals surface area contributed by atoms with Gasteiger partial charge in [0.1, 0.15) is 0 Å². The lowest BCUT2D eigenvalue weighted by molar-refractivity contribution is 0.496. The van der Waals surface area contributed by atoms with Gasteiger partial charge in [0.05, 0.1) is 6.20 Å². The van der Waals surface area contributed by atoms with E-state index in [4.69, 9.17) is 0 Å². The van der Waals surface area contributed by atoms with Crippen molar-refractivity contribution < 1.29 is 17.3 Å². The Morgan fingerprint density at radius 1 is 1.09 bits per heavy atom. The van der Waals surface area contributed by atoms with Gasteiger partial charge in [0.15, 0.2) is 0 Å². The fourth-order valence-electron chi connectivity index (χ4n) is 0.491. The fraction of sp³-hybridized carbons (Fsp3) is 0. The van der Waals surface area contributed by atoms with Crippen molar-refractivity contribution in [1.29, 1.82) is 0 Å². The molecule has 1 aromatic heterocycles. The van der Waals surface area contributed by atoms with E-state index in [1.807, 2.05) is 0 Å². The molecule has 0 fully saturated rings. The van der Waals surface area contributed by atoms with Crippen LogP contribution in [-0.4, -0.2) is 16.9 Å². The van der Waals surface area contributed by atoms with Crippen LogP contribution in [-0.2, 0) is 0 Å². The van der Waals surface area contributed by atoms with Crippen LogP contribution in [0.25, 0.3) is 0 Å². The Labute approximate surface area is 59.3 Å². The van der Waals surface area contributed by atoms with Gasteiger partial charge in [-0.25, -0.2) is 4.98 Å². The summed E-state index contributed by atoms with van der Waals surface area (Å²) in [6.45, 7) is -5.16. The first-order chi connectivity index (χ1) is 5.00. The minimum absolute atomic E-state index is 0.370. The maximum atomic E-state index is 11.9. The van der Waals surface area contributed by atoms with Crippen LogP contribution < -0.4 is 5.59 Å². The van der Waals surface area contributed by atoms with Crippen molar-refractivity contribution in [2.75, 3.05) is 0 Å². The summed E-state index contributed by atoms with van der Waals surface area (Å²) in [5, 5.41) is 0. The maximum absolute atomic E-state index is 11.9. The zero-order valence-electron chi connectivity index (χ0n) is 5.14. The first kappa shape index (κ1) is 7.97. The Morgan fingerprint density at radius 2 is 1.73 bits per heavy atom. The van der Waals surface area contributed by atoms with E-state index in [9.17, 15) is 17.3 Å². The van der Waals surface area contributed by atoms with Crippen molar-refractivity contribution in [3.63, 3.8) is 0 Å². The molecular formula is C4H2BF4N2-. The average molecular weight is 165 g/mol. The quantitative estimate of drug-likeness (QED) is 0.451. The molecule has 0 radical (unpaired) electrons. The molecule has 0 aromatic carbocycles. The third-order valence-electron chi connectivity index (χ3n) is 0.976. The van der Waals surface area contributed by atoms with Crippen LogP contribution in [0.1, 0.15) is 0 Å². The highest BCUT2D eigenvalue weighted by Crippen LogP contribution is 2.05. The monoisotopic (exact) mass is 165 g/mol. The molecule has 0 spiro atoms. The van der Waals surface area contributed by atoms with E-state index in [0.29, 0.717) is 12.4 Å². The van der Waals surface area contributed by atoms with Gasteiger partial charge < -0.3 is 12.9 Å². The number of aromatic nitrogens is 2. The largest absolute Gasteiger partial charge is 0.529 e. The molecule has 0 atom stereocenters. The predicted molar refractivity (Wildman–Crippen MR) is 30.7 cm³/mol. The molecular weight excluding hydrogens is 163 g/mol. The number of hydrogen-bond acceptors (Lipinski definition) is 2. The van der Waals surface area contributed by atoms with Gasteiger partial charge in [-0.15, -0.1) is 0 Å². The van der Waals surface area contributed by atoms with Crippen molar-refractivity contribution in [3.8, 4) is 0 Å². The molecule has 0 saturated carbocycles. The van der Waals surface area contributed by atoms with E-state index in [1.165, 1.54) is 0 Å². The van der Waals surface area contributed by atoms with E-state index in [0.717, 1.165) is 0 Å². The van der Waals surface area contributed by atoms with Gasteiger partial charge in [-0.2, -0.15) is 4.39 Å². The van der Waals surface area contributed by atoms with Gasteiger partial charge in [0.2, 0.25) is 5.95 Å². The minimum Gasteiger partial charge on any atom is -0.444 e. The van der Waals surface area contributed by atoms with Gasteiger partial charge in [0.25, 0.3) is 0 Å². The molecule has 0 aliphatic carbocycles. The average Bonchev–Trinajstić information content (AvgIpc) is 1.86. The second kappa shape index (κ2) is 2.48. The lowest BCUT2D eigenvalue weighted by Gasteiger charge is -2.11. The highest BCUT2D eigenvalue weighted by molar-refractivity contribution is 6.72. The Bertz CT molecular complexity index is 243. The van der Waals surface area contributed by atoms with Crippen molar-refractivity contribution >= 4 is 12.6 Å². The molecule has 1 rings (SSSR count). The molecule has 0 saturated heterocycles. The van der Waals surface area contributed by atoms with Crippen LogP contribution in [0.2, 0.25) is 0 Å². The molecule has 7 heteroatoms. The van der Waals surface area contributed by atoms with Crippen LogP contribution in [0.4, 0.5) is 17.3 Å². The number of rotatable bonds is 1. The maximum Gasteiger partial charge on any atom is 0.529 e. The second-order valence-corrected chi connectivity index (χ2v) is 1.84. The van der Waals surface area contributed by atoms with E-state index in [1.54, 1.807) is 0 Å². The summed E-state index contributed by atoms with van der Waals surface area (Å²) in [5.74, 6) is -1.02. The molecule has 0 unspecified atom stereocenters. The zero-order valence-corrected chi connectivity index (χ0v) is 5.14. The summed E-state index contributed by atoms with van der Waals surface area (Å²) < 4.78 is 47.2. The lowest BCUT2D eigenvalue weighted by Crippen LogP contribution is -2.37. The molecule has 60 valence electrons. The predicted octanol–water partition coefficient (Wildman–Crippen LogP) is 0.670. The molecule has 1 aromatic rings. The smallest absolute Gasteiger partial charge is 0.444 e. The van der Waals surface area contributed by atoms with E-state index in [2.05, 4.69) is 9.97 Å². The number of nitrogens with zero attached hydrogens (tertiary/aromatic N) is 2. The first-order valence-corrected chi connectivity index (χ1v) is 2.67. The molecule has 0 aliphatic heterocycles. The standard InChI is InChI=1S/C4H2BF4N2/c6-4-2-10-3(1-11-4)5(7,8)9/h1-2H/q-1. The molecule has 0 aliphatic rings. The van der Waals surface area contributed by atoms with Crippen molar-refractivity contribution in [3.05, 3.63) is 18.3 Å². The van der Waals surface area contributed by atoms with Gasteiger partial charge >= 0.3 is 6.98 Å². The third-order valence-corrected chi connectivity index (χ3v) is 0.976. The molecule has 1 heterocycles. The van der Waals surface area contributed by atoms with Gasteiger partial charge in [-0.3, -0.25) is 4.98 Å². The Kier molecular flexibility index (Phi) is 1.80. The summed E-state index contributed by atoms with van der Waals surface area (Å²) >= 11 is 0. The van der Waals surface area contributed by atoms with Gasteiger partial charge in [-0.1, -0.05) is 0 Å². The molecule has 2 nitrogen and oxygen atoms in total. The summed E-state index contributed by atoms with van der Waals surface area (Å²) in [6.07, 6.45) is 0.805. The van der Waals surface area contributed by atoms with Crippen LogP contribution in [0, 0.1) is 5.95 Å². The normalized spacial score (nSPS) is 11.6. The summed E-state index contributed by atoms with van der Waals surface area (Å²) in [7, 11) is 0. The number of halogens is 4. The fourth-order valence-corrected chi connectivity index (χ4v) is 0.491. The van der Waals surface area contributed by atoms with E-state index in [-0.39, 0.29) is 0 Å². The lowest BCUT2D eigenvalue weighted by atomic mass is 9.87. The zero-order chi connectivity index (χ0) is 8.48. The van der Waals surface area contributed by atoms with Crippen LogP contribution >= 0.6 is 0 Å². The molecule has 11 heavy (non-hydrogen) atoms. The second-order valence-electron chi connectivity index (χ2n) is 1.84. The van der Waals surface area contributed by atoms with Crippen molar-refractivity contribution in [2.24, 2.45) is 0 Å². The highest BCUT2D eigenvalue weighted by atomic mass is 19.4. The first-order valence-electron chi connectivity index (χ1n) is 2.67. The Morgan fingerprint density at radius 3 is 2.09 bits per heavy atom. The topological polar surface area (TPSA) is 25.8 Å². The highest BCUT2D eigenvalue weighted by Gasteiger charge is 2.27.